The highest BCUT2D eigenvalue weighted by Crippen LogP contribution is 2.49. The van der Waals surface area contributed by atoms with Crippen LogP contribution in [-0.4, -0.2) is 41.3 Å². The van der Waals surface area contributed by atoms with E-state index in [0.29, 0.717) is 12.6 Å². The van der Waals surface area contributed by atoms with E-state index in [1.54, 1.807) is 0 Å². The van der Waals surface area contributed by atoms with Crippen LogP contribution in [0.1, 0.15) is 73.1 Å². The van der Waals surface area contributed by atoms with Crippen molar-refractivity contribution in [2.45, 2.75) is 95.9 Å². The van der Waals surface area contributed by atoms with Crippen molar-refractivity contribution in [3.8, 4) is 0 Å². The van der Waals surface area contributed by atoms with E-state index >= 15 is 0 Å². The second kappa shape index (κ2) is 5.82. The fraction of sp³-hybridized carbons (Fsp3) is 1.00. The minimum absolute atomic E-state index is 0.0415. The molecule has 124 valence electrons. The molecular formula is C18H36N2O. The molecule has 0 bridgehead atoms. The molecule has 1 unspecified atom stereocenters. The fourth-order valence-corrected chi connectivity index (χ4v) is 5.04. The molecule has 0 radical (unpaired) electrons. The van der Waals surface area contributed by atoms with Crippen LogP contribution in [0.25, 0.3) is 0 Å². The number of ether oxygens (including phenoxy) is 1. The van der Waals surface area contributed by atoms with Gasteiger partial charge in [0.15, 0.2) is 0 Å². The molecule has 1 saturated heterocycles. The quantitative estimate of drug-likeness (QED) is 0.862. The Kier molecular flexibility index (Phi) is 4.78. The molecule has 1 heterocycles. The highest BCUT2D eigenvalue weighted by molar-refractivity contribution is 5.13. The van der Waals surface area contributed by atoms with Crippen molar-refractivity contribution >= 4 is 0 Å². The van der Waals surface area contributed by atoms with E-state index < -0.39 is 0 Å². The van der Waals surface area contributed by atoms with Gasteiger partial charge in [0.05, 0.1) is 16.7 Å². The largest absolute Gasteiger partial charge is 0.368 e. The van der Waals surface area contributed by atoms with Crippen LogP contribution in [0.2, 0.25) is 0 Å². The molecule has 1 aliphatic heterocycles. The van der Waals surface area contributed by atoms with Crippen molar-refractivity contribution in [1.29, 1.82) is 0 Å². The van der Waals surface area contributed by atoms with E-state index in [4.69, 9.17) is 10.5 Å². The Labute approximate surface area is 131 Å². The summed E-state index contributed by atoms with van der Waals surface area (Å²) in [5.74, 6) is 0.938. The maximum atomic E-state index is 6.38. The first-order valence-corrected chi connectivity index (χ1v) is 8.80. The van der Waals surface area contributed by atoms with Gasteiger partial charge in [-0.25, -0.2) is 0 Å². The summed E-state index contributed by atoms with van der Waals surface area (Å²) >= 11 is 0. The van der Waals surface area contributed by atoms with Crippen molar-refractivity contribution in [2.24, 2.45) is 11.7 Å². The number of hydrogen-bond acceptors (Lipinski definition) is 3. The van der Waals surface area contributed by atoms with Crippen molar-refractivity contribution in [1.82, 2.24) is 4.90 Å². The molecule has 0 amide bonds. The first kappa shape index (κ1) is 17.2. The summed E-state index contributed by atoms with van der Waals surface area (Å²) in [5.41, 5.74) is 5.99. The van der Waals surface area contributed by atoms with Crippen molar-refractivity contribution in [2.75, 3.05) is 13.6 Å². The van der Waals surface area contributed by atoms with E-state index in [1.165, 1.54) is 32.1 Å². The lowest BCUT2D eigenvalue weighted by Gasteiger charge is -2.50. The third-order valence-corrected chi connectivity index (χ3v) is 6.32. The third kappa shape index (κ3) is 3.02. The van der Waals surface area contributed by atoms with Gasteiger partial charge in [0.25, 0.3) is 0 Å². The van der Waals surface area contributed by atoms with Crippen LogP contribution in [0, 0.1) is 5.92 Å². The van der Waals surface area contributed by atoms with Gasteiger partial charge in [0, 0.05) is 12.6 Å². The highest BCUT2D eigenvalue weighted by atomic mass is 16.5. The van der Waals surface area contributed by atoms with Gasteiger partial charge in [0.1, 0.15) is 0 Å². The minimum Gasteiger partial charge on any atom is -0.368 e. The van der Waals surface area contributed by atoms with Crippen LogP contribution in [-0.2, 0) is 4.74 Å². The molecule has 0 aromatic carbocycles. The van der Waals surface area contributed by atoms with Crippen molar-refractivity contribution in [3.63, 3.8) is 0 Å². The maximum absolute atomic E-state index is 6.38. The zero-order valence-corrected chi connectivity index (χ0v) is 15.0. The predicted octanol–water partition coefficient (Wildman–Crippen LogP) is 3.56. The monoisotopic (exact) mass is 296 g/mol. The Morgan fingerprint density at radius 2 is 1.67 bits per heavy atom. The topological polar surface area (TPSA) is 38.5 Å². The van der Waals surface area contributed by atoms with E-state index in [2.05, 4.69) is 46.6 Å². The van der Waals surface area contributed by atoms with Crippen LogP contribution >= 0.6 is 0 Å². The summed E-state index contributed by atoms with van der Waals surface area (Å²) in [6.07, 6.45) is 7.72. The summed E-state index contributed by atoms with van der Waals surface area (Å²) in [5, 5.41) is 0. The summed E-state index contributed by atoms with van der Waals surface area (Å²) in [7, 11) is 2.29. The highest BCUT2D eigenvalue weighted by Gasteiger charge is 2.59. The van der Waals surface area contributed by atoms with Crippen LogP contribution < -0.4 is 5.73 Å². The smallest absolute Gasteiger partial charge is 0.0830 e. The molecule has 0 aromatic heterocycles. The van der Waals surface area contributed by atoms with E-state index in [1.807, 2.05) is 0 Å². The normalized spacial score (nSPS) is 38.9. The van der Waals surface area contributed by atoms with Gasteiger partial charge in [-0.1, -0.05) is 13.3 Å². The Balaban J connectivity index is 2.17. The molecule has 0 spiro atoms. The van der Waals surface area contributed by atoms with E-state index in [9.17, 15) is 0 Å². The van der Waals surface area contributed by atoms with E-state index in [-0.39, 0.29) is 16.7 Å². The molecule has 2 rings (SSSR count). The molecule has 2 N–H and O–H groups in total. The van der Waals surface area contributed by atoms with Gasteiger partial charge in [-0.05, 0) is 72.8 Å². The first-order valence-electron chi connectivity index (χ1n) is 8.80. The Morgan fingerprint density at radius 1 is 1.10 bits per heavy atom. The minimum atomic E-state index is -0.193. The summed E-state index contributed by atoms with van der Waals surface area (Å²) in [4.78, 5) is 2.59. The Morgan fingerprint density at radius 3 is 2.05 bits per heavy atom. The van der Waals surface area contributed by atoms with Gasteiger partial charge < -0.3 is 10.5 Å². The second-order valence-corrected chi connectivity index (χ2v) is 8.48. The fourth-order valence-electron chi connectivity index (χ4n) is 5.04. The summed E-state index contributed by atoms with van der Waals surface area (Å²) in [6, 6.07) is 0.660. The average molecular weight is 296 g/mol. The number of nitrogens with two attached hydrogens (primary N) is 1. The molecule has 1 atom stereocenters. The third-order valence-electron chi connectivity index (χ3n) is 6.32. The standard InChI is InChI=1S/C18H36N2O/c1-7-14-8-10-15(11-9-14)20(6)18(13-19)12-16(2,3)21-17(18,4)5/h14-15H,7-13,19H2,1-6H3. The van der Waals surface area contributed by atoms with Crippen LogP contribution in [0.15, 0.2) is 0 Å². The van der Waals surface area contributed by atoms with Gasteiger partial charge in [-0.3, -0.25) is 4.90 Å². The first-order chi connectivity index (χ1) is 9.67. The molecule has 2 aliphatic rings. The number of rotatable bonds is 4. The number of likely N-dealkylation sites (N-methyl/N-ethyl adjacent to an activating group) is 1. The lowest BCUT2D eigenvalue weighted by molar-refractivity contribution is -0.108. The molecule has 1 aliphatic carbocycles. The zero-order chi connectivity index (χ0) is 15.9. The Bertz CT molecular complexity index is 358. The molecule has 0 aromatic rings. The van der Waals surface area contributed by atoms with E-state index in [0.717, 1.165) is 12.3 Å². The Hall–Kier alpha value is -0.120. The van der Waals surface area contributed by atoms with Gasteiger partial charge >= 0.3 is 0 Å². The zero-order valence-electron chi connectivity index (χ0n) is 15.0. The molecular weight excluding hydrogens is 260 g/mol. The lowest BCUT2D eigenvalue weighted by Crippen LogP contribution is -2.65. The van der Waals surface area contributed by atoms with Crippen molar-refractivity contribution < 1.29 is 4.74 Å². The maximum Gasteiger partial charge on any atom is 0.0830 e. The molecule has 21 heavy (non-hydrogen) atoms. The molecule has 1 saturated carbocycles. The SMILES string of the molecule is CCC1CCC(N(C)C2(CN)CC(C)(C)OC2(C)C)CC1. The average Bonchev–Trinajstić information content (AvgIpc) is 2.62. The van der Waals surface area contributed by atoms with Crippen molar-refractivity contribution in [3.05, 3.63) is 0 Å². The van der Waals surface area contributed by atoms with Crippen LogP contribution in [0.4, 0.5) is 0 Å². The van der Waals surface area contributed by atoms with Gasteiger partial charge in [-0.2, -0.15) is 0 Å². The molecule has 3 heteroatoms. The van der Waals surface area contributed by atoms with Gasteiger partial charge in [-0.15, -0.1) is 0 Å². The van der Waals surface area contributed by atoms with Gasteiger partial charge in [0.2, 0.25) is 0 Å². The van der Waals surface area contributed by atoms with Crippen LogP contribution in [0.5, 0.6) is 0 Å². The number of hydrogen-bond donors (Lipinski definition) is 1. The van der Waals surface area contributed by atoms with Crippen LogP contribution in [0.3, 0.4) is 0 Å². The number of nitrogens with zero attached hydrogens (tertiary/aromatic N) is 1. The summed E-state index contributed by atoms with van der Waals surface area (Å²) in [6.45, 7) is 11.9. The lowest BCUT2D eigenvalue weighted by atomic mass is 9.75. The second-order valence-electron chi connectivity index (χ2n) is 8.48. The molecule has 3 nitrogen and oxygen atoms in total. The predicted molar refractivity (Wildman–Crippen MR) is 89.4 cm³/mol. The molecule has 2 fully saturated rings. The summed E-state index contributed by atoms with van der Waals surface area (Å²) < 4.78 is 6.38.